The van der Waals surface area contributed by atoms with E-state index in [-0.39, 0.29) is 10.9 Å². The van der Waals surface area contributed by atoms with E-state index in [9.17, 15) is 14.3 Å². The van der Waals surface area contributed by atoms with Crippen LogP contribution in [0.25, 0.3) is 0 Å². The molecule has 0 radical (unpaired) electrons. The summed E-state index contributed by atoms with van der Waals surface area (Å²) in [6.07, 6.45) is 0.854. The van der Waals surface area contributed by atoms with Gasteiger partial charge in [0.05, 0.1) is 5.02 Å². The van der Waals surface area contributed by atoms with Crippen LogP contribution in [0, 0.1) is 11.7 Å². The fourth-order valence-electron chi connectivity index (χ4n) is 2.48. The van der Waals surface area contributed by atoms with Gasteiger partial charge in [-0.15, -0.1) is 0 Å². The highest BCUT2D eigenvalue weighted by molar-refractivity contribution is 6.30. The number of hydrogen-bond donors (Lipinski definition) is 1. The molecule has 0 spiro atoms. The second-order valence-corrected chi connectivity index (χ2v) is 5.18. The topological polar surface area (TPSA) is 40.5 Å². The standard InChI is InChI=1S/C13H15ClFNO2/c1-8-4-5-16(12(8)13(17)18)7-9-2-3-10(14)11(15)6-9/h2-3,6,8,12H,4-5,7H2,1H3,(H,17,18). The summed E-state index contributed by atoms with van der Waals surface area (Å²) in [4.78, 5) is 13.1. The Bertz CT molecular complexity index is 466. The van der Waals surface area contributed by atoms with Gasteiger partial charge in [0.1, 0.15) is 11.9 Å². The summed E-state index contributed by atoms with van der Waals surface area (Å²) in [5.41, 5.74) is 0.747. The molecule has 0 aromatic heterocycles. The van der Waals surface area contributed by atoms with Gasteiger partial charge in [-0.05, 0) is 36.6 Å². The molecule has 1 aromatic rings. The van der Waals surface area contributed by atoms with E-state index in [1.54, 1.807) is 6.07 Å². The maximum absolute atomic E-state index is 13.3. The van der Waals surface area contributed by atoms with Crippen LogP contribution in [0.4, 0.5) is 4.39 Å². The molecule has 2 atom stereocenters. The lowest BCUT2D eigenvalue weighted by Crippen LogP contribution is -2.38. The van der Waals surface area contributed by atoms with Crippen LogP contribution in [0.5, 0.6) is 0 Å². The molecule has 3 nitrogen and oxygen atoms in total. The Morgan fingerprint density at radius 2 is 2.33 bits per heavy atom. The van der Waals surface area contributed by atoms with Crippen molar-refractivity contribution in [1.29, 1.82) is 0 Å². The molecule has 0 saturated carbocycles. The zero-order valence-corrected chi connectivity index (χ0v) is 10.8. The first-order chi connectivity index (χ1) is 8.49. The number of carbonyl (C=O) groups is 1. The van der Waals surface area contributed by atoms with Crippen molar-refractivity contribution in [2.45, 2.75) is 25.9 Å². The molecule has 5 heteroatoms. The highest BCUT2D eigenvalue weighted by atomic mass is 35.5. The number of halogens is 2. The monoisotopic (exact) mass is 271 g/mol. The lowest BCUT2D eigenvalue weighted by atomic mass is 10.0. The van der Waals surface area contributed by atoms with Crippen molar-refractivity contribution in [2.24, 2.45) is 5.92 Å². The number of carboxylic acid groups (broad SMARTS) is 1. The summed E-state index contributed by atoms with van der Waals surface area (Å²) >= 11 is 5.62. The lowest BCUT2D eigenvalue weighted by Gasteiger charge is -2.23. The van der Waals surface area contributed by atoms with Gasteiger partial charge < -0.3 is 5.11 Å². The normalized spacial score (nSPS) is 24.4. The van der Waals surface area contributed by atoms with Crippen molar-refractivity contribution in [3.63, 3.8) is 0 Å². The van der Waals surface area contributed by atoms with Crippen molar-refractivity contribution in [3.8, 4) is 0 Å². The molecule has 1 N–H and O–H groups in total. The maximum atomic E-state index is 13.3. The second-order valence-electron chi connectivity index (χ2n) is 4.77. The minimum absolute atomic E-state index is 0.0864. The SMILES string of the molecule is CC1CCN(Cc2ccc(Cl)c(F)c2)C1C(=O)O. The zero-order chi connectivity index (χ0) is 13.3. The van der Waals surface area contributed by atoms with E-state index in [1.807, 2.05) is 11.8 Å². The Morgan fingerprint density at radius 3 is 2.94 bits per heavy atom. The van der Waals surface area contributed by atoms with Gasteiger partial charge in [0.25, 0.3) is 0 Å². The van der Waals surface area contributed by atoms with Crippen LogP contribution >= 0.6 is 11.6 Å². The fraction of sp³-hybridized carbons (Fsp3) is 0.462. The number of rotatable bonds is 3. The Kier molecular flexibility index (Phi) is 3.88. The first-order valence-corrected chi connectivity index (χ1v) is 6.27. The number of carboxylic acids is 1. The molecule has 18 heavy (non-hydrogen) atoms. The van der Waals surface area contributed by atoms with Crippen LogP contribution in [0.2, 0.25) is 5.02 Å². The molecule has 1 heterocycles. The number of hydrogen-bond acceptors (Lipinski definition) is 2. The van der Waals surface area contributed by atoms with Gasteiger partial charge in [0, 0.05) is 6.54 Å². The molecule has 0 aliphatic carbocycles. The van der Waals surface area contributed by atoms with Gasteiger partial charge in [-0.3, -0.25) is 9.69 Å². The minimum atomic E-state index is -0.811. The predicted molar refractivity (Wildman–Crippen MR) is 67.0 cm³/mol. The van der Waals surface area contributed by atoms with E-state index >= 15 is 0 Å². The van der Waals surface area contributed by atoms with Crippen molar-refractivity contribution >= 4 is 17.6 Å². The molecular formula is C13H15ClFNO2. The number of benzene rings is 1. The Labute approximate surface area is 110 Å². The first kappa shape index (κ1) is 13.3. The highest BCUT2D eigenvalue weighted by Gasteiger charge is 2.36. The summed E-state index contributed by atoms with van der Waals surface area (Å²) in [6.45, 7) is 3.10. The molecule has 2 rings (SSSR count). The predicted octanol–water partition coefficient (Wildman–Crippen LogP) is 2.77. The lowest BCUT2D eigenvalue weighted by molar-refractivity contribution is -0.143. The third-order valence-corrected chi connectivity index (χ3v) is 3.73. The van der Waals surface area contributed by atoms with Crippen LogP contribution in [0.1, 0.15) is 18.9 Å². The molecule has 1 aromatic carbocycles. The Morgan fingerprint density at radius 1 is 1.61 bits per heavy atom. The van der Waals surface area contributed by atoms with Gasteiger partial charge in [-0.25, -0.2) is 4.39 Å². The molecule has 98 valence electrons. The highest BCUT2D eigenvalue weighted by Crippen LogP contribution is 2.26. The number of likely N-dealkylation sites (tertiary alicyclic amines) is 1. The van der Waals surface area contributed by atoms with Crippen LogP contribution in [0.3, 0.4) is 0 Å². The molecule has 1 saturated heterocycles. The van der Waals surface area contributed by atoms with E-state index in [1.165, 1.54) is 12.1 Å². The van der Waals surface area contributed by atoms with Gasteiger partial charge >= 0.3 is 5.97 Å². The third kappa shape index (κ3) is 2.65. The maximum Gasteiger partial charge on any atom is 0.321 e. The Balaban J connectivity index is 2.13. The summed E-state index contributed by atoms with van der Waals surface area (Å²) in [7, 11) is 0. The summed E-state index contributed by atoms with van der Waals surface area (Å²) in [5.74, 6) is -1.15. The van der Waals surface area contributed by atoms with Crippen molar-refractivity contribution in [1.82, 2.24) is 4.90 Å². The fourth-order valence-corrected chi connectivity index (χ4v) is 2.59. The average molecular weight is 272 g/mol. The largest absolute Gasteiger partial charge is 0.480 e. The average Bonchev–Trinajstić information content (AvgIpc) is 2.65. The van der Waals surface area contributed by atoms with Gasteiger partial charge in [-0.1, -0.05) is 24.6 Å². The minimum Gasteiger partial charge on any atom is -0.480 e. The third-order valence-electron chi connectivity index (χ3n) is 3.43. The quantitative estimate of drug-likeness (QED) is 0.919. The summed E-state index contributed by atoms with van der Waals surface area (Å²) < 4.78 is 13.3. The molecule has 2 unspecified atom stereocenters. The van der Waals surface area contributed by atoms with Crippen LogP contribution < -0.4 is 0 Å². The van der Waals surface area contributed by atoms with E-state index in [0.717, 1.165) is 18.5 Å². The van der Waals surface area contributed by atoms with Crippen molar-refractivity contribution in [3.05, 3.63) is 34.6 Å². The van der Waals surface area contributed by atoms with Crippen molar-refractivity contribution in [2.75, 3.05) is 6.54 Å². The van der Waals surface area contributed by atoms with E-state index in [4.69, 9.17) is 11.6 Å². The van der Waals surface area contributed by atoms with E-state index in [0.29, 0.717) is 6.54 Å². The van der Waals surface area contributed by atoms with Gasteiger partial charge in [-0.2, -0.15) is 0 Å². The first-order valence-electron chi connectivity index (χ1n) is 5.90. The Hall–Kier alpha value is -1.13. The smallest absolute Gasteiger partial charge is 0.321 e. The van der Waals surface area contributed by atoms with E-state index in [2.05, 4.69) is 0 Å². The number of aliphatic carboxylic acids is 1. The molecular weight excluding hydrogens is 257 g/mol. The van der Waals surface area contributed by atoms with Crippen LogP contribution in [-0.2, 0) is 11.3 Å². The van der Waals surface area contributed by atoms with Crippen LogP contribution in [0.15, 0.2) is 18.2 Å². The molecule has 1 aliphatic rings. The van der Waals surface area contributed by atoms with Gasteiger partial charge in [0.15, 0.2) is 0 Å². The molecule has 1 fully saturated rings. The molecule has 0 bridgehead atoms. The summed E-state index contributed by atoms with van der Waals surface area (Å²) in [5, 5.41) is 9.28. The molecule has 0 amide bonds. The summed E-state index contributed by atoms with van der Waals surface area (Å²) in [6, 6.07) is 4.11. The van der Waals surface area contributed by atoms with Crippen molar-refractivity contribution < 1.29 is 14.3 Å². The number of nitrogens with zero attached hydrogens (tertiary/aromatic N) is 1. The van der Waals surface area contributed by atoms with Gasteiger partial charge in [0.2, 0.25) is 0 Å². The zero-order valence-electron chi connectivity index (χ0n) is 10.1. The van der Waals surface area contributed by atoms with Crippen LogP contribution in [-0.4, -0.2) is 28.6 Å². The molecule has 1 aliphatic heterocycles. The second kappa shape index (κ2) is 5.24. The van der Waals surface area contributed by atoms with E-state index < -0.39 is 17.8 Å².